The lowest BCUT2D eigenvalue weighted by atomic mass is 10.1. The van der Waals surface area contributed by atoms with Crippen LogP contribution in [0.5, 0.6) is 0 Å². The van der Waals surface area contributed by atoms with E-state index in [1.54, 1.807) is 11.3 Å². The predicted octanol–water partition coefficient (Wildman–Crippen LogP) is 2.81. The first-order valence-electron chi connectivity index (χ1n) is 4.59. The predicted molar refractivity (Wildman–Crippen MR) is 55.5 cm³/mol. The van der Waals surface area contributed by atoms with Crippen LogP contribution in [0.25, 0.3) is 0 Å². The Hall–Kier alpha value is -0.340. The molecular formula is C10H17NS. The highest BCUT2D eigenvalue weighted by Gasteiger charge is 1.99. The fourth-order valence-corrected chi connectivity index (χ4v) is 1.91. The molecule has 0 fully saturated rings. The molecule has 2 N–H and O–H groups in total. The minimum absolute atomic E-state index is 0.406. The Morgan fingerprint density at radius 3 is 3.00 bits per heavy atom. The molecule has 1 aromatic heterocycles. The molecule has 0 radical (unpaired) electrons. The first kappa shape index (κ1) is 9.75. The van der Waals surface area contributed by atoms with Crippen molar-refractivity contribution in [3.63, 3.8) is 0 Å². The second kappa shape index (κ2) is 5.33. The molecule has 0 amide bonds. The normalized spacial score (nSPS) is 13.2. The summed E-state index contributed by atoms with van der Waals surface area (Å²) in [6.07, 6.45) is 4.68. The average Bonchev–Trinajstić information content (AvgIpc) is 2.57. The van der Waals surface area contributed by atoms with Gasteiger partial charge in [0.2, 0.25) is 0 Å². The van der Waals surface area contributed by atoms with Crippen molar-refractivity contribution in [2.45, 2.75) is 38.6 Å². The number of hydrogen-bond acceptors (Lipinski definition) is 2. The molecule has 1 rings (SSSR count). The maximum absolute atomic E-state index is 5.82. The van der Waals surface area contributed by atoms with Gasteiger partial charge in [-0.05, 0) is 48.1 Å². The molecule has 2 heteroatoms. The Morgan fingerprint density at radius 2 is 2.42 bits per heavy atom. The summed E-state index contributed by atoms with van der Waals surface area (Å²) in [5.74, 6) is 0. The van der Waals surface area contributed by atoms with Gasteiger partial charge < -0.3 is 5.73 Å². The van der Waals surface area contributed by atoms with Crippen molar-refractivity contribution < 1.29 is 0 Å². The third-order valence-corrected chi connectivity index (χ3v) is 2.88. The molecule has 0 saturated carbocycles. The van der Waals surface area contributed by atoms with Crippen LogP contribution in [-0.2, 0) is 6.42 Å². The largest absolute Gasteiger partial charge is 0.328 e. The van der Waals surface area contributed by atoms with Gasteiger partial charge in [0, 0.05) is 6.04 Å². The van der Waals surface area contributed by atoms with Crippen LogP contribution in [0.15, 0.2) is 16.8 Å². The molecule has 0 aliphatic carbocycles. The fraction of sp³-hybridized carbons (Fsp3) is 0.600. The van der Waals surface area contributed by atoms with Gasteiger partial charge in [-0.3, -0.25) is 0 Å². The van der Waals surface area contributed by atoms with Crippen molar-refractivity contribution in [1.29, 1.82) is 0 Å². The number of aryl methyl sites for hydroxylation is 1. The van der Waals surface area contributed by atoms with Crippen molar-refractivity contribution >= 4 is 11.3 Å². The highest BCUT2D eigenvalue weighted by Crippen LogP contribution is 2.10. The monoisotopic (exact) mass is 183 g/mol. The van der Waals surface area contributed by atoms with Gasteiger partial charge in [0.05, 0.1) is 0 Å². The van der Waals surface area contributed by atoms with Gasteiger partial charge in [0.25, 0.3) is 0 Å². The summed E-state index contributed by atoms with van der Waals surface area (Å²) in [6.45, 7) is 2.15. The number of thiophene rings is 1. The maximum atomic E-state index is 5.82. The minimum Gasteiger partial charge on any atom is -0.328 e. The Bertz CT molecular complexity index is 194. The van der Waals surface area contributed by atoms with Gasteiger partial charge in [0.15, 0.2) is 0 Å². The summed E-state index contributed by atoms with van der Waals surface area (Å²) in [7, 11) is 0. The summed E-state index contributed by atoms with van der Waals surface area (Å²) in [5, 5.41) is 4.35. The summed E-state index contributed by atoms with van der Waals surface area (Å²) in [6, 6.07) is 2.60. The van der Waals surface area contributed by atoms with Gasteiger partial charge in [-0.25, -0.2) is 0 Å². The van der Waals surface area contributed by atoms with E-state index in [1.807, 2.05) is 0 Å². The Balaban J connectivity index is 2.11. The zero-order valence-electron chi connectivity index (χ0n) is 7.62. The molecule has 0 saturated heterocycles. The minimum atomic E-state index is 0.406. The zero-order chi connectivity index (χ0) is 8.81. The van der Waals surface area contributed by atoms with Crippen LogP contribution in [0.4, 0.5) is 0 Å². The molecule has 1 unspecified atom stereocenters. The van der Waals surface area contributed by atoms with Crippen LogP contribution in [0, 0.1) is 0 Å². The van der Waals surface area contributed by atoms with Crippen LogP contribution in [0.2, 0.25) is 0 Å². The average molecular weight is 183 g/mol. The smallest absolute Gasteiger partial charge is 0.00363 e. The van der Waals surface area contributed by atoms with Gasteiger partial charge in [0.1, 0.15) is 0 Å². The molecular weight excluding hydrogens is 166 g/mol. The molecule has 0 bridgehead atoms. The molecule has 1 atom stereocenters. The van der Waals surface area contributed by atoms with E-state index in [4.69, 9.17) is 5.73 Å². The Kier molecular flexibility index (Phi) is 4.33. The highest BCUT2D eigenvalue weighted by atomic mass is 32.1. The summed E-state index contributed by atoms with van der Waals surface area (Å²) >= 11 is 1.77. The molecule has 12 heavy (non-hydrogen) atoms. The lowest BCUT2D eigenvalue weighted by Gasteiger charge is -2.06. The molecule has 1 aromatic rings. The third-order valence-electron chi connectivity index (χ3n) is 2.14. The zero-order valence-corrected chi connectivity index (χ0v) is 8.44. The van der Waals surface area contributed by atoms with E-state index in [0.717, 1.165) is 12.8 Å². The summed E-state index contributed by atoms with van der Waals surface area (Å²) in [4.78, 5) is 0. The van der Waals surface area contributed by atoms with Crippen LogP contribution in [-0.4, -0.2) is 6.04 Å². The van der Waals surface area contributed by atoms with Gasteiger partial charge in [-0.15, -0.1) is 0 Å². The SMILES string of the molecule is CCC(N)CCCc1ccsc1. The van der Waals surface area contributed by atoms with Crippen molar-refractivity contribution in [3.8, 4) is 0 Å². The first-order valence-corrected chi connectivity index (χ1v) is 5.54. The van der Waals surface area contributed by atoms with E-state index >= 15 is 0 Å². The van der Waals surface area contributed by atoms with Gasteiger partial charge >= 0.3 is 0 Å². The number of hydrogen-bond donors (Lipinski definition) is 1. The molecule has 1 heterocycles. The van der Waals surface area contributed by atoms with Gasteiger partial charge in [-0.1, -0.05) is 6.92 Å². The number of nitrogens with two attached hydrogens (primary N) is 1. The third kappa shape index (κ3) is 3.37. The maximum Gasteiger partial charge on any atom is 0.00363 e. The second-order valence-electron chi connectivity index (χ2n) is 3.19. The van der Waals surface area contributed by atoms with E-state index in [1.165, 1.54) is 18.4 Å². The molecule has 0 aromatic carbocycles. The van der Waals surface area contributed by atoms with Crippen LogP contribution in [0.1, 0.15) is 31.7 Å². The first-order chi connectivity index (χ1) is 5.83. The molecule has 0 aliphatic rings. The lowest BCUT2D eigenvalue weighted by molar-refractivity contribution is 0.568. The molecule has 0 spiro atoms. The quantitative estimate of drug-likeness (QED) is 0.746. The molecule has 68 valence electrons. The summed E-state index contributed by atoms with van der Waals surface area (Å²) < 4.78 is 0. The van der Waals surface area contributed by atoms with E-state index in [9.17, 15) is 0 Å². The molecule has 1 nitrogen and oxygen atoms in total. The van der Waals surface area contributed by atoms with Crippen LogP contribution < -0.4 is 5.73 Å². The highest BCUT2D eigenvalue weighted by molar-refractivity contribution is 7.07. The topological polar surface area (TPSA) is 26.0 Å². The van der Waals surface area contributed by atoms with Crippen molar-refractivity contribution in [2.24, 2.45) is 5.73 Å². The number of rotatable bonds is 5. The van der Waals surface area contributed by atoms with Gasteiger partial charge in [-0.2, -0.15) is 11.3 Å². The van der Waals surface area contributed by atoms with E-state index in [-0.39, 0.29) is 0 Å². The van der Waals surface area contributed by atoms with Crippen molar-refractivity contribution in [1.82, 2.24) is 0 Å². The Labute approximate surface area is 78.6 Å². The van der Waals surface area contributed by atoms with Crippen molar-refractivity contribution in [3.05, 3.63) is 22.4 Å². The standard InChI is InChI=1S/C10H17NS/c1-2-10(11)5-3-4-9-6-7-12-8-9/h6-8,10H,2-5,11H2,1H3. The van der Waals surface area contributed by atoms with E-state index < -0.39 is 0 Å². The van der Waals surface area contributed by atoms with Crippen LogP contribution >= 0.6 is 11.3 Å². The van der Waals surface area contributed by atoms with Crippen molar-refractivity contribution in [2.75, 3.05) is 0 Å². The summed E-state index contributed by atoms with van der Waals surface area (Å²) in [5.41, 5.74) is 7.28. The molecule has 0 aliphatic heterocycles. The Morgan fingerprint density at radius 1 is 1.58 bits per heavy atom. The van der Waals surface area contributed by atoms with E-state index in [2.05, 4.69) is 23.8 Å². The fourth-order valence-electron chi connectivity index (χ4n) is 1.21. The lowest BCUT2D eigenvalue weighted by Crippen LogP contribution is -2.18. The van der Waals surface area contributed by atoms with E-state index in [0.29, 0.717) is 6.04 Å². The van der Waals surface area contributed by atoms with Crippen LogP contribution in [0.3, 0.4) is 0 Å². The second-order valence-corrected chi connectivity index (χ2v) is 3.97.